The number of piperazine rings is 1. The minimum atomic E-state index is -0.115. The van der Waals surface area contributed by atoms with Gasteiger partial charge in [-0.05, 0) is 30.3 Å². The lowest BCUT2D eigenvalue weighted by Crippen LogP contribution is -2.54. The van der Waals surface area contributed by atoms with Crippen molar-refractivity contribution in [1.29, 1.82) is 0 Å². The number of rotatable bonds is 5. The molecule has 6 rings (SSSR count). The van der Waals surface area contributed by atoms with Crippen LogP contribution in [0.2, 0.25) is 0 Å². The first-order valence-electron chi connectivity index (χ1n) is 11.6. The highest BCUT2D eigenvalue weighted by molar-refractivity contribution is 5.68. The monoisotopic (exact) mass is 430 g/mol. The third-order valence-electron chi connectivity index (χ3n) is 7.01. The molecule has 5 heterocycles. The first kappa shape index (κ1) is 19.8. The quantitative estimate of drug-likeness (QED) is 0.647. The fourth-order valence-electron chi connectivity index (χ4n) is 5.21. The number of nitrogens with zero attached hydrogens (tertiary/aromatic N) is 5. The van der Waals surface area contributed by atoms with Crippen LogP contribution >= 0.6 is 0 Å². The molecule has 7 nitrogen and oxygen atoms in total. The Hall–Kier alpha value is -2.87. The minimum Gasteiger partial charge on any atom is -0.390 e. The lowest BCUT2D eigenvalue weighted by atomic mass is 10.0. The van der Waals surface area contributed by atoms with Crippen molar-refractivity contribution in [2.75, 3.05) is 62.6 Å². The van der Waals surface area contributed by atoms with E-state index < -0.39 is 0 Å². The van der Waals surface area contributed by atoms with Gasteiger partial charge in [-0.25, -0.2) is 4.98 Å². The lowest BCUT2D eigenvalue weighted by molar-refractivity contribution is -0.00269. The van der Waals surface area contributed by atoms with E-state index in [1.54, 1.807) is 0 Å². The van der Waals surface area contributed by atoms with Crippen LogP contribution in [0.25, 0.3) is 5.69 Å². The van der Waals surface area contributed by atoms with Crippen LogP contribution in [-0.4, -0.2) is 82.9 Å². The van der Waals surface area contributed by atoms with Crippen molar-refractivity contribution in [3.8, 4) is 5.69 Å². The second-order valence-electron chi connectivity index (χ2n) is 9.06. The minimum absolute atomic E-state index is 0.0690. The van der Waals surface area contributed by atoms with Gasteiger partial charge in [-0.1, -0.05) is 18.2 Å². The Morgan fingerprint density at radius 2 is 1.72 bits per heavy atom. The summed E-state index contributed by atoms with van der Waals surface area (Å²) in [4.78, 5) is 12.1. The Morgan fingerprint density at radius 1 is 0.906 bits per heavy atom. The smallest absolute Gasteiger partial charge is 0.134 e. The summed E-state index contributed by atoms with van der Waals surface area (Å²) in [7, 11) is 0. The van der Waals surface area contributed by atoms with Crippen LogP contribution < -0.4 is 10.2 Å². The van der Waals surface area contributed by atoms with Crippen LogP contribution in [-0.2, 0) is 0 Å². The molecule has 1 aromatic carbocycles. The molecule has 0 radical (unpaired) electrons. The third-order valence-corrected chi connectivity index (χ3v) is 7.01. The van der Waals surface area contributed by atoms with E-state index in [0.717, 1.165) is 63.9 Å². The van der Waals surface area contributed by atoms with Crippen molar-refractivity contribution in [1.82, 2.24) is 19.4 Å². The van der Waals surface area contributed by atoms with Crippen molar-refractivity contribution < 1.29 is 5.11 Å². The lowest BCUT2D eigenvalue weighted by Gasteiger charge is -2.40. The summed E-state index contributed by atoms with van der Waals surface area (Å²) in [6.07, 6.45) is 3.94. The fourth-order valence-corrected chi connectivity index (χ4v) is 5.21. The average molecular weight is 431 g/mol. The van der Waals surface area contributed by atoms with E-state index in [1.165, 1.54) is 16.9 Å². The molecule has 2 aromatic heterocycles. The molecule has 1 atom stereocenters. The highest BCUT2D eigenvalue weighted by atomic mass is 16.3. The maximum absolute atomic E-state index is 9.48. The number of para-hydroxylation sites is 2. The number of benzene rings is 1. The Bertz CT molecular complexity index is 1080. The maximum atomic E-state index is 9.48. The van der Waals surface area contributed by atoms with Gasteiger partial charge in [0, 0.05) is 76.0 Å². The van der Waals surface area contributed by atoms with Gasteiger partial charge in [0.2, 0.25) is 0 Å². The molecule has 1 unspecified atom stereocenters. The number of hydrogen-bond donors (Lipinski definition) is 2. The summed E-state index contributed by atoms with van der Waals surface area (Å²) in [5, 5.41) is 13.2. The van der Waals surface area contributed by atoms with Gasteiger partial charge >= 0.3 is 0 Å². The number of aliphatic hydroxyl groups excluding tert-OH is 1. The first-order valence-corrected chi connectivity index (χ1v) is 11.6. The summed E-state index contributed by atoms with van der Waals surface area (Å²) in [6.45, 7) is 7.84. The molecule has 0 aliphatic carbocycles. The first-order chi connectivity index (χ1) is 15.8. The summed E-state index contributed by atoms with van der Waals surface area (Å²) in [5.74, 6) is 1.09. The van der Waals surface area contributed by atoms with Gasteiger partial charge in [0.25, 0.3) is 0 Å². The largest absolute Gasteiger partial charge is 0.390 e. The van der Waals surface area contributed by atoms with Gasteiger partial charge in [-0.2, -0.15) is 0 Å². The molecule has 0 amide bonds. The van der Waals surface area contributed by atoms with Crippen LogP contribution in [0.15, 0.2) is 60.9 Å². The van der Waals surface area contributed by atoms with E-state index in [1.807, 2.05) is 12.3 Å². The molecular formula is C25H30N6O. The molecule has 3 aromatic rings. The Morgan fingerprint density at radius 3 is 2.56 bits per heavy atom. The predicted molar refractivity (Wildman–Crippen MR) is 127 cm³/mol. The summed E-state index contributed by atoms with van der Waals surface area (Å²) < 4.78 is 2.29. The number of anilines is 2. The Labute approximate surface area is 188 Å². The molecule has 0 bridgehead atoms. The molecule has 0 saturated carbocycles. The zero-order valence-corrected chi connectivity index (χ0v) is 18.3. The van der Waals surface area contributed by atoms with Gasteiger partial charge in [-0.3, -0.25) is 9.80 Å². The predicted octanol–water partition coefficient (Wildman–Crippen LogP) is 2.19. The normalized spacial score (nSPS) is 21.5. The van der Waals surface area contributed by atoms with Gasteiger partial charge in [-0.15, -0.1) is 0 Å². The second-order valence-corrected chi connectivity index (χ2v) is 9.06. The second kappa shape index (κ2) is 8.24. The fraction of sp³-hybridized carbons (Fsp3) is 0.400. The standard InChI is InChI=1S/C25H30N6O/c32-19-17-29(18-19)12-11-28-13-15-30(16-14-28)25-20(5-3-9-26-25)24-23-8-4-10-31(23)22-7-2-1-6-21(22)27-24/h1-10,19,24,27,32H,11-18H2. The Kier molecular flexibility index (Phi) is 5.09. The zero-order valence-electron chi connectivity index (χ0n) is 18.3. The van der Waals surface area contributed by atoms with Gasteiger partial charge < -0.3 is 19.9 Å². The number of pyridine rings is 1. The van der Waals surface area contributed by atoms with Crippen molar-refractivity contribution in [2.24, 2.45) is 0 Å². The van der Waals surface area contributed by atoms with Crippen LogP contribution in [0.5, 0.6) is 0 Å². The number of likely N-dealkylation sites (tertiary alicyclic amines) is 1. The number of hydrogen-bond acceptors (Lipinski definition) is 6. The molecule has 32 heavy (non-hydrogen) atoms. The van der Waals surface area contributed by atoms with Crippen LogP contribution in [0.3, 0.4) is 0 Å². The molecule has 2 saturated heterocycles. The molecule has 3 aliphatic heterocycles. The average Bonchev–Trinajstić information content (AvgIpc) is 3.31. The molecule has 2 fully saturated rings. The third kappa shape index (κ3) is 3.56. The van der Waals surface area contributed by atoms with E-state index in [4.69, 9.17) is 4.98 Å². The number of aliphatic hydroxyl groups is 1. The van der Waals surface area contributed by atoms with Gasteiger partial charge in [0.1, 0.15) is 5.82 Å². The molecular weight excluding hydrogens is 400 g/mol. The van der Waals surface area contributed by atoms with Crippen LogP contribution in [0.4, 0.5) is 11.5 Å². The van der Waals surface area contributed by atoms with E-state index in [0.29, 0.717) is 0 Å². The topological polar surface area (TPSA) is 59.8 Å². The van der Waals surface area contributed by atoms with Gasteiger partial charge in [0.05, 0.1) is 23.5 Å². The van der Waals surface area contributed by atoms with Crippen LogP contribution in [0, 0.1) is 0 Å². The zero-order chi connectivity index (χ0) is 21.5. The van der Waals surface area contributed by atoms with Crippen molar-refractivity contribution in [3.63, 3.8) is 0 Å². The molecule has 0 spiro atoms. The van der Waals surface area contributed by atoms with Crippen molar-refractivity contribution in [3.05, 3.63) is 72.2 Å². The molecule has 2 N–H and O–H groups in total. The van der Waals surface area contributed by atoms with Crippen molar-refractivity contribution >= 4 is 11.5 Å². The Balaban J connectivity index is 1.19. The van der Waals surface area contributed by atoms with Crippen molar-refractivity contribution in [2.45, 2.75) is 12.1 Å². The highest BCUT2D eigenvalue weighted by Crippen LogP contribution is 2.39. The van der Waals surface area contributed by atoms with E-state index in [-0.39, 0.29) is 12.1 Å². The number of fused-ring (bicyclic) bond motifs is 3. The number of β-amino-alcohol motifs (C(OH)–C–C–N with tert-alkyl or cyclic N) is 1. The van der Waals surface area contributed by atoms with E-state index >= 15 is 0 Å². The summed E-state index contributed by atoms with van der Waals surface area (Å²) in [5.41, 5.74) is 4.81. The number of aromatic nitrogens is 2. The summed E-state index contributed by atoms with van der Waals surface area (Å²) in [6, 6.07) is 17.1. The number of nitrogens with one attached hydrogen (secondary N) is 1. The SMILES string of the molecule is OC1CN(CCN2CCN(c3ncccc3C3Nc4ccccc4-n4cccc43)CC2)C1. The summed E-state index contributed by atoms with van der Waals surface area (Å²) >= 11 is 0. The van der Waals surface area contributed by atoms with Gasteiger partial charge in [0.15, 0.2) is 0 Å². The molecule has 7 heteroatoms. The highest BCUT2D eigenvalue weighted by Gasteiger charge is 2.30. The van der Waals surface area contributed by atoms with E-state index in [2.05, 4.69) is 73.2 Å². The van der Waals surface area contributed by atoms with Crippen LogP contribution in [0.1, 0.15) is 17.3 Å². The maximum Gasteiger partial charge on any atom is 0.134 e. The van der Waals surface area contributed by atoms with E-state index in [9.17, 15) is 5.11 Å². The molecule has 3 aliphatic rings. The molecule has 166 valence electrons.